The lowest BCUT2D eigenvalue weighted by molar-refractivity contribution is 0.0487. The van der Waals surface area contributed by atoms with Crippen LogP contribution in [0.25, 0.3) is 16.7 Å². The Balaban J connectivity index is 1.33. The summed E-state index contributed by atoms with van der Waals surface area (Å²) in [4.78, 5) is 30.0. The third-order valence-corrected chi connectivity index (χ3v) is 15.8. The normalized spacial score (nSPS) is 19.3. The van der Waals surface area contributed by atoms with Gasteiger partial charge < -0.3 is 43.5 Å². The number of methoxy groups -OCH3 is 3. The van der Waals surface area contributed by atoms with Crippen molar-refractivity contribution in [2.24, 2.45) is 0 Å². The maximum absolute atomic E-state index is 12.5. The summed E-state index contributed by atoms with van der Waals surface area (Å²) in [5.74, 6) is 3.45. The largest absolute Gasteiger partial charge is 0.493 e. The summed E-state index contributed by atoms with van der Waals surface area (Å²) in [7, 11) is 2.79. The van der Waals surface area contributed by atoms with Crippen molar-refractivity contribution in [3.05, 3.63) is 30.4 Å². The Bertz CT molecular complexity index is 1980. The molecule has 16 heteroatoms. The fourth-order valence-corrected chi connectivity index (χ4v) is 8.35. The van der Waals surface area contributed by atoms with E-state index in [0.717, 1.165) is 73.3 Å². The zero-order valence-electron chi connectivity index (χ0n) is 35.3. The van der Waals surface area contributed by atoms with Crippen LogP contribution in [0.2, 0.25) is 18.1 Å². The van der Waals surface area contributed by atoms with Crippen molar-refractivity contribution in [3.63, 3.8) is 0 Å². The van der Waals surface area contributed by atoms with Crippen LogP contribution in [0.15, 0.2) is 24.7 Å². The van der Waals surface area contributed by atoms with Crippen molar-refractivity contribution in [3.8, 4) is 22.9 Å². The van der Waals surface area contributed by atoms with Crippen molar-refractivity contribution < 1.29 is 28.2 Å². The average Bonchev–Trinajstić information content (AvgIpc) is 3.88. The van der Waals surface area contributed by atoms with Crippen LogP contribution in [0.5, 0.6) is 17.2 Å². The monoisotopic (exact) mass is 791 g/mol. The topological polar surface area (TPSA) is 152 Å². The highest BCUT2D eigenvalue weighted by atomic mass is 28.4. The molecule has 4 aromatic rings. The number of aryl methyl sites for hydroxylation is 1. The van der Waals surface area contributed by atoms with Crippen molar-refractivity contribution >= 4 is 43.0 Å². The molecule has 1 saturated heterocycles. The van der Waals surface area contributed by atoms with E-state index in [4.69, 9.17) is 38.4 Å². The zero-order chi connectivity index (χ0) is 40.6. The molecule has 3 aromatic heterocycles. The molecule has 4 heterocycles. The van der Waals surface area contributed by atoms with E-state index in [0.29, 0.717) is 35.6 Å². The zero-order valence-corrected chi connectivity index (χ0v) is 36.3. The molecule has 1 amide bonds. The summed E-state index contributed by atoms with van der Waals surface area (Å²) in [6, 6.07) is 4.05. The number of rotatable bonds is 12. The van der Waals surface area contributed by atoms with Gasteiger partial charge in [-0.25, -0.2) is 14.5 Å². The Labute approximate surface area is 331 Å². The van der Waals surface area contributed by atoms with E-state index < -0.39 is 13.9 Å². The second-order valence-electron chi connectivity index (χ2n) is 17.5. The molecule has 0 spiro atoms. The van der Waals surface area contributed by atoms with E-state index in [1.54, 1.807) is 27.7 Å². The summed E-state index contributed by atoms with van der Waals surface area (Å²) in [6.07, 6.45) is 8.58. The summed E-state index contributed by atoms with van der Waals surface area (Å²) < 4.78 is 33.0. The van der Waals surface area contributed by atoms with Gasteiger partial charge in [-0.3, -0.25) is 0 Å². The van der Waals surface area contributed by atoms with Crippen LogP contribution in [0, 0.1) is 6.92 Å². The molecule has 0 unspecified atom stereocenters. The molecule has 1 aromatic carbocycles. The average molecular weight is 792 g/mol. The molecule has 1 aliphatic carbocycles. The lowest BCUT2D eigenvalue weighted by Crippen LogP contribution is -2.45. The number of carbonyl (C=O) groups is 1. The van der Waals surface area contributed by atoms with Gasteiger partial charge in [0.2, 0.25) is 11.7 Å². The Hall–Kier alpha value is -4.57. The van der Waals surface area contributed by atoms with Crippen LogP contribution >= 0.6 is 0 Å². The molecular formula is C40H61N9O6Si. The molecule has 1 aliphatic heterocycles. The number of hydrogen-bond donors (Lipinski definition) is 2. The van der Waals surface area contributed by atoms with Gasteiger partial charge in [0.25, 0.3) is 0 Å². The number of hydrogen-bond acceptors (Lipinski definition) is 12. The molecule has 2 fully saturated rings. The summed E-state index contributed by atoms with van der Waals surface area (Å²) >= 11 is 0. The number of nitrogens with zero attached hydrogens (tertiary/aromatic N) is 7. The highest BCUT2D eigenvalue weighted by Gasteiger charge is 2.39. The van der Waals surface area contributed by atoms with Crippen molar-refractivity contribution in [1.82, 2.24) is 34.6 Å². The lowest BCUT2D eigenvalue weighted by atomic mass is 9.91. The van der Waals surface area contributed by atoms with Gasteiger partial charge in [0.05, 0.1) is 63.0 Å². The number of ether oxygens (including phenoxy) is 4. The van der Waals surface area contributed by atoms with Gasteiger partial charge in [-0.1, -0.05) is 20.8 Å². The fraction of sp³-hybridized carbons (Fsp3) is 0.625. The first-order valence-electron chi connectivity index (χ1n) is 19.7. The molecule has 6 rings (SSSR count). The number of amides is 1. The van der Waals surface area contributed by atoms with Crippen molar-refractivity contribution in [1.29, 1.82) is 0 Å². The molecule has 15 nitrogen and oxygen atoms in total. The first-order chi connectivity index (χ1) is 26.4. The molecule has 0 radical (unpaired) electrons. The lowest BCUT2D eigenvalue weighted by Gasteiger charge is -2.38. The quantitative estimate of drug-likeness (QED) is 0.133. The predicted octanol–water partition coefficient (Wildman–Crippen LogP) is 8.09. The Kier molecular flexibility index (Phi) is 11.8. The van der Waals surface area contributed by atoms with E-state index in [1.165, 1.54) is 0 Å². The minimum Gasteiger partial charge on any atom is -0.493 e. The molecule has 56 heavy (non-hydrogen) atoms. The van der Waals surface area contributed by atoms with Gasteiger partial charge in [0, 0.05) is 24.7 Å². The molecule has 0 bridgehead atoms. The van der Waals surface area contributed by atoms with Crippen molar-refractivity contribution in [2.45, 2.75) is 129 Å². The maximum atomic E-state index is 12.5. The van der Waals surface area contributed by atoms with Crippen LogP contribution in [0.3, 0.4) is 0 Å². The SMILES string of the molecule is COc1cc(-n2cnc(Nc3nc(N4CCC[C@H]4CO[Si](C)(C)C(C)(C)C)c4c(C)nn(C5CCC(NC(=O)OC(C)(C)C)CC5)c4n3)c2)cc(OC)c1OC. The fourth-order valence-electron chi connectivity index (χ4n) is 7.31. The van der Waals surface area contributed by atoms with Gasteiger partial charge in [-0.15, -0.1) is 0 Å². The molecule has 1 atom stereocenters. The number of nitrogens with one attached hydrogen (secondary N) is 2. The van der Waals surface area contributed by atoms with E-state index in [1.807, 2.05) is 50.6 Å². The first-order valence-corrected chi connectivity index (χ1v) is 22.6. The Morgan fingerprint density at radius 1 is 0.946 bits per heavy atom. The van der Waals surface area contributed by atoms with Gasteiger partial charge in [0.1, 0.15) is 17.7 Å². The van der Waals surface area contributed by atoms with Crippen LogP contribution < -0.4 is 29.7 Å². The van der Waals surface area contributed by atoms with E-state index in [-0.39, 0.29) is 29.3 Å². The highest BCUT2D eigenvalue weighted by molar-refractivity contribution is 6.74. The van der Waals surface area contributed by atoms with Crippen molar-refractivity contribution in [2.75, 3.05) is 44.7 Å². The van der Waals surface area contributed by atoms with E-state index in [2.05, 4.69) is 59.1 Å². The minimum absolute atomic E-state index is 0.0402. The summed E-state index contributed by atoms with van der Waals surface area (Å²) in [5.41, 5.74) is 1.90. The second kappa shape index (κ2) is 16.1. The van der Waals surface area contributed by atoms with Crippen LogP contribution in [0.4, 0.5) is 22.4 Å². The van der Waals surface area contributed by atoms with Gasteiger partial charge in [-0.2, -0.15) is 15.1 Å². The molecular weight excluding hydrogens is 731 g/mol. The summed E-state index contributed by atoms with van der Waals surface area (Å²) in [6.45, 7) is 20.6. The second-order valence-corrected chi connectivity index (χ2v) is 22.3. The van der Waals surface area contributed by atoms with Crippen LogP contribution in [-0.4, -0.2) is 95.9 Å². The van der Waals surface area contributed by atoms with Crippen LogP contribution in [0.1, 0.15) is 91.8 Å². The number of imidazole rings is 1. The predicted molar refractivity (Wildman–Crippen MR) is 221 cm³/mol. The number of benzene rings is 1. The minimum atomic E-state index is -1.98. The van der Waals surface area contributed by atoms with E-state index in [9.17, 15) is 4.79 Å². The molecule has 2 aliphatic rings. The smallest absolute Gasteiger partial charge is 0.407 e. The van der Waals surface area contributed by atoms with Gasteiger partial charge >= 0.3 is 6.09 Å². The molecule has 306 valence electrons. The maximum Gasteiger partial charge on any atom is 0.407 e. The van der Waals surface area contributed by atoms with Crippen LogP contribution in [-0.2, 0) is 9.16 Å². The van der Waals surface area contributed by atoms with E-state index >= 15 is 0 Å². The number of fused-ring (bicyclic) bond motifs is 1. The number of alkyl carbamates (subject to hydrolysis) is 1. The Morgan fingerprint density at radius 2 is 1.62 bits per heavy atom. The third-order valence-electron chi connectivity index (χ3n) is 11.3. The van der Waals surface area contributed by atoms with Gasteiger partial charge in [-0.05, 0) is 84.4 Å². The third kappa shape index (κ3) is 8.85. The molecule has 1 saturated carbocycles. The Morgan fingerprint density at radius 3 is 2.23 bits per heavy atom. The van der Waals surface area contributed by atoms with Gasteiger partial charge in [0.15, 0.2) is 31.3 Å². The molecule has 2 N–H and O–H groups in total. The first kappa shape index (κ1) is 41.1. The number of aromatic nitrogens is 6. The number of anilines is 3. The highest BCUT2D eigenvalue weighted by Crippen LogP contribution is 2.41. The summed E-state index contributed by atoms with van der Waals surface area (Å²) in [5, 5.41) is 12.7. The number of carbonyl (C=O) groups excluding carboxylic acids is 1. The standard InChI is InChI=1S/C40H61N9O6Si/c1-25-33-35(48-19-13-14-28(48)23-54-56(11,12)40(5,6)7)44-37(43-32-22-47(24-41-32)29-20-30(51-8)34(53-10)31(21-29)52-9)45-36(33)49(46-25)27-17-15-26(16-18-27)42-38(50)55-39(2,3)4/h20-22,24,26-28H,13-19,23H2,1-12H3,(H,42,50)(H,43,44,45)/t26?,27?,28-/m0/s1.